The molecule has 1 aliphatic rings. The molecule has 2 heterocycles. The number of rotatable bonds is 4. The Hall–Kier alpha value is -0.420. The molecule has 3 atom stereocenters. The number of nitrogens with zero attached hydrogens (tertiary/aromatic N) is 1. The summed E-state index contributed by atoms with van der Waals surface area (Å²) in [4.78, 5) is 3.84. The summed E-state index contributed by atoms with van der Waals surface area (Å²) in [6.07, 6.45) is 1.97. The minimum Gasteiger partial charge on any atom is -0.393 e. The number of hydrogen-bond donors (Lipinski definition) is 2. The summed E-state index contributed by atoms with van der Waals surface area (Å²) in [5, 5.41) is 11.8. The largest absolute Gasteiger partial charge is 0.393 e. The summed E-state index contributed by atoms with van der Waals surface area (Å²) < 4.78 is 0. The van der Waals surface area contributed by atoms with Crippen LogP contribution < -0.4 is 5.73 Å². The van der Waals surface area contributed by atoms with Gasteiger partial charge < -0.3 is 10.8 Å². The topological polar surface area (TPSA) is 49.5 Å². The molecule has 3 N–H and O–H groups in total. The van der Waals surface area contributed by atoms with Crippen LogP contribution in [0.2, 0.25) is 0 Å². The predicted molar refractivity (Wildman–Crippen MR) is 76.7 cm³/mol. The third-order valence-corrected chi connectivity index (χ3v) is 4.93. The van der Waals surface area contributed by atoms with E-state index in [0.717, 1.165) is 25.9 Å². The fraction of sp³-hybridized carbons (Fsp3) is 0.714. The van der Waals surface area contributed by atoms with Crippen molar-refractivity contribution in [1.29, 1.82) is 0 Å². The van der Waals surface area contributed by atoms with E-state index in [0.29, 0.717) is 12.0 Å². The summed E-state index contributed by atoms with van der Waals surface area (Å²) in [6, 6.07) is 4.75. The van der Waals surface area contributed by atoms with Crippen LogP contribution in [-0.4, -0.2) is 35.2 Å². The molecule has 0 aromatic carbocycles. The highest BCUT2D eigenvalue weighted by Gasteiger charge is 2.30. The number of hydrogen-bond acceptors (Lipinski definition) is 4. The Kier molecular flexibility index (Phi) is 4.78. The van der Waals surface area contributed by atoms with Crippen LogP contribution in [0, 0.1) is 5.92 Å². The van der Waals surface area contributed by atoms with E-state index < -0.39 is 0 Å². The lowest BCUT2D eigenvalue weighted by Crippen LogP contribution is -2.44. The van der Waals surface area contributed by atoms with Gasteiger partial charge in [0, 0.05) is 10.9 Å². The SMILES string of the molecule is CC(N)C(c1cccs1)N1CCC(C(C)O)CC1. The fourth-order valence-electron chi connectivity index (χ4n) is 2.91. The van der Waals surface area contributed by atoms with Crippen molar-refractivity contribution in [2.24, 2.45) is 11.7 Å². The second-order valence-corrected chi connectivity index (χ2v) is 6.41. The highest BCUT2D eigenvalue weighted by atomic mass is 32.1. The number of nitrogens with two attached hydrogens (primary N) is 1. The van der Waals surface area contributed by atoms with E-state index in [2.05, 4.69) is 29.3 Å². The van der Waals surface area contributed by atoms with E-state index in [-0.39, 0.29) is 12.1 Å². The third-order valence-electron chi connectivity index (χ3n) is 3.98. The quantitative estimate of drug-likeness (QED) is 0.880. The molecule has 0 bridgehead atoms. The van der Waals surface area contributed by atoms with Gasteiger partial charge in [0.2, 0.25) is 0 Å². The summed E-state index contributed by atoms with van der Waals surface area (Å²) in [7, 11) is 0. The van der Waals surface area contributed by atoms with Crippen LogP contribution in [-0.2, 0) is 0 Å². The van der Waals surface area contributed by atoms with Crippen LogP contribution in [0.3, 0.4) is 0 Å². The minimum absolute atomic E-state index is 0.145. The average molecular weight is 268 g/mol. The molecule has 2 rings (SSSR count). The molecule has 1 saturated heterocycles. The van der Waals surface area contributed by atoms with Gasteiger partial charge in [0.1, 0.15) is 0 Å². The lowest BCUT2D eigenvalue weighted by atomic mass is 9.90. The Bertz CT molecular complexity index is 343. The molecule has 1 aromatic heterocycles. The normalized spacial score (nSPS) is 23.8. The lowest BCUT2D eigenvalue weighted by molar-refractivity contribution is 0.0519. The van der Waals surface area contributed by atoms with Gasteiger partial charge in [0.05, 0.1) is 12.1 Å². The zero-order valence-electron chi connectivity index (χ0n) is 11.2. The molecule has 0 radical (unpaired) electrons. The molecule has 1 aromatic rings. The number of thiophene rings is 1. The molecular formula is C14H24N2OS. The van der Waals surface area contributed by atoms with Crippen LogP contribution in [0.5, 0.6) is 0 Å². The molecule has 1 aliphatic heterocycles. The molecule has 102 valence electrons. The van der Waals surface area contributed by atoms with Crippen molar-refractivity contribution >= 4 is 11.3 Å². The summed E-state index contributed by atoms with van der Waals surface area (Å²) in [5.41, 5.74) is 6.17. The second kappa shape index (κ2) is 6.15. The zero-order chi connectivity index (χ0) is 13.1. The van der Waals surface area contributed by atoms with Crippen molar-refractivity contribution in [3.63, 3.8) is 0 Å². The Balaban J connectivity index is 2.02. The number of piperidine rings is 1. The van der Waals surface area contributed by atoms with Gasteiger partial charge in [-0.05, 0) is 57.1 Å². The highest BCUT2D eigenvalue weighted by molar-refractivity contribution is 7.10. The molecule has 3 unspecified atom stereocenters. The van der Waals surface area contributed by atoms with Gasteiger partial charge in [-0.1, -0.05) is 6.07 Å². The molecule has 3 nitrogen and oxygen atoms in total. The van der Waals surface area contributed by atoms with Crippen LogP contribution >= 0.6 is 11.3 Å². The molecule has 0 saturated carbocycles. The monoisotopic (exact) mass is 268 g/mol. The van der Waals surface area contributed by atoms with E-state index in [4.69, 9.17) is 5.73 Å². The maximum absolute atomic E-state index is 9.65. The van der Waals surface area contributed by atoms with Crippen molar-refractivity contribution < 1.29 is 5.11 Å². The molecule has 0 aliphatic carbocycles. The lowest BCUT2D eigenvalue weighted by Gasteiger charge is -2.39. The van der Waals surface area contributed by atoms with Crippen molar-refractivity contribution in [1.82, 2.24) is 4.90 Å². The first-order valence-corrected chi connectivity index (χ1v) is 7.68. The number of aliphatic hydroxyl groups is 1. The van der Waals surface area contributed by atoms with Crippen molar-refractivity contribution in [3.05, 3.63) is 22.4 Å². The van der Waals surface area contributed by atoms with Gasteiger partial charge in [0.25, 0.3) is 0 Å². The van der Waals surface area contributed by atoms with Crippen molar-refractivity contribution in [3.8, 4) is 0 Å². The first-order valence-electron chi connectivity index (χ1n) is 6.80. The summed E-state index contributed by atoms with van der Waals surface area (Å²) in [6.45, 7) is 6.08. The molecular weight excluding hydrogens is 244 g/mol. The van der Waals surface area contributed by atoms with Gasteiger partial charge in [-0.3, -0.25) is 4.90 Å². The molecule has 0 spiro atoms. The number of aliphatic hydroxyl groups excluding tert-OH is 1. The Morgan fingerprint density at radius 2 is 2.06 bits per heavy atom. The fourth-order valence-corrected chi connectivity index (χ4v) is 3.89. The van der Waals surface area contributed by atoms with Gasteiger partial charge in [-0.25, -0.2) is 0 Å². The number of likely N-dealkylation sites (tertiary alicyclic amines) is 1. The standard InChI is InChI=1S/C14H24N2OS/c1-10(15)14(13-4-3-9-18-13)16-7-5-12(6-8-16)11(2)17/h3-4,9-12,14,17H,5-8,15H2,1-2H3. The molecule has 4 heteroatoms. The average Bonchev–Trinajstić information content (AvgIpc) is 2.83. The Labute approximate surface area is 114 Å². The molecule has 18 heavy (non-hydrogen) atoms. The molecule has 0 amide bonds. The van der Waals surface area contributed by atoms with Gasteiger partial charge in [-0.15, -0.1) is 11.3 Å². The van der Waals surface area contributed by atoms with Crippen molar-refractivity contribution in [2.75, 3.05) is 13.1 Å². The first kappa shape index (κ1) is 14.0. The zero-order valence-corrected chi connectivity index (χ0v) is 12.1. The van der Waals surface area contributed by atoms with E-state index in [1.54, 1.807) is 11.3 Å². The summed E-state index contributed by atoms with van der Waals surface area (Å²) >= 11 is 1.79. The van der Waals surface area contributed by atoms with Gasteiger partial charge in [-0.2, -0.15) is 0 Å². The first-order chi connectivity index (χ1) is 8.59. The second-order valence-electron chi connectivity index (χ2n) is 5.43. The maximum Gasteiger partial charge on any atom is 0.0590 e. The smallest absolute Gasteiger partial charge is 0.0590 e. The minimum atomic E-state index is -0.178. The Morgan fingerprint density at radius 3 is 2.50 bits per heavy atom. The highest BCUT2D eigenvalue weighted by Crippen LogP contribution is 2.32. The Morgan fingerprint density at radius 1 is 1.39 bits per heavy atom. The van der Waals surface area contributed by atoms with Crippen molar-refractivity contribution in [2.45, 2.75) is 44.9 Å². The van der Waals surface area contributed by atoms with Crippen LogP contribution in [0.25, 0.3) is 0 Å². The van der Waals surface area contributed by atoms with E-state index in [9.17, 15) is 5.11 Å². The predicted octanol–water partition coefficient (Wildman–Crippen LogP) is 2.23. The summed E-state index contributed by atoms with van der Waals surface area (Å²) in [5.74, 6) is 0.457. The molecule has 1 fully saturated rings. The van der Waals surface area contributed by atoms with E-state index in [1.807, 2.05) is 6.92 Å². The van der Waals surface area contributed by atoms with Crippen LogP contribution in [0.4, 0.5) is 0 Å². The van der Waals surface area contributed by atoms with E-state index >= 15 is 0 Å². The maximum atomic E-state index is 9.65. The van der Waals surface area contributed by atoms with Crippen LogP contribution in [0.1, 0.15) is 37.6 Å². The third kappa shape index (κ3) is 3.12. The van der Waals surface area contributed by atoms with Gasteiger partial charge in [0.15, 0.2) is 0 Å². The van der Waals surface area contributed by atoms with E-state index in [1.165, 1.54) is 4.88 Å². The van der Waals surface area contributed by atoms with Gasteiger partial charge >= 0.3 is 0 Å². The van der Waals surface area contributed by atoms with Crippen LogP contribution in [0.15, 0.2) is 17.5 Å².